The topological polar surface area (TPSA) is 92.4 Å². The number of nitrogens with zero attached hydrogens (tertiary/aromatic N) is 5. The van der Waals surface area contributed by atoms with Crippen molar-refractivity contribution in [2.24, 2.45) is 0 Å². The van der Waals surface area contributed by atoms with Crippen LogP contribution in [-0.2, 0) is 0 Å². The molecule has 12 heteroatoms. The average Bonchev–Trinajstić information content (AvgIpc) is 3.68. The molecule has 41 heavy (non-hydrogen) atoms. The van der Waals surface area contributed by atoms with Crippen LogP contribution in [0.4, 0.5) is 19.7 Å². The number of benzene rings is 2. The zero-order valence-electron chi connectivity index (χ0n) is 23.4. The first kappa shape index (κ1) is 28.3. The monoisotopic (exact) mass is 601 g/mol. The van der Waals surface area contributed by atoms with Crippen LogP contribution in [0.3, 0.4) is 0 Å². The Bertz CT molecular complexity index is 1610. The number of rotatable bonds is 8. The third-order valence-electron chi connectivity index (χ3n) is 8.79. The number of thiazole rings is 1. The van der Waals surface area contributed by atoms with Crippen molar-refractivity contribution in [1.82, 2.24) is 24.8 Å². The predicted octanol–water partition coefficient (Wildman–Crippen LogP) is 6.18. The molecule has 2 aromatic heterocycles. The number of nitrogen functional groups attached to an aromatic ring is 1. The van der Waals surface area contributed by atoms with Gasteiger partial charge in [0.2, 0.25) is 0 Å². The summed E-state index contributed by atoms with van der Waals surface area (Å²) >= 11 is 7.76. The molecule has 1 saturated heterocycles. The van der Waals surface area contributed by atoms with Gasteiger partial charge in [-0.2, -0.15) is 9.97 Å². The van der Waals surface area contributed by atoms with E-state index in [1.165, 1.54) is 12.1 Å². The van der Waals surface area contributed by atoms with Crippen LogP contribution in [0.2, 0.25) is 5.02 Å². The van der Waals surface area contributed by atoms with Crippen LogP contribution in [0.25, 0.3) is 32.2 Å². The third kappa shape index (κ3) is 5.17. The van der Waals surface area contributed by atoms with Gasteiger partial charge in [0.25, 0.3) is 0 Å². The number of nitrogens with two attached hydrogens (primary N) is 1. The Labute approximate surface area is 246 Å². The molecule has 0 unspecified atom stereocenters. The first-order valence-electron chi connectivity index (χ1n) is 14.0. The Morgan fingerprint density at radius 2 is 1.95 bits per heavy atom. The van der Waals surface area contributed by atoms with Crippen molar-refractivity contribution >= 4 is 55.0 Å². The van der Waals surface area contributed by atoms with Crippen molar-refractivity contribution in [2.45, 2.75) is 50.1 Å². The van der Waals surface area contributed by atoms with Gasteiger partial charge in [-0.1, -0.05) is 35.8 Å². The number of anilines is 2. The molecule has 1 aliphatic heterocycles. The molecule has 3 N–H and O–H groups in total. The maximum atomic E-state index is 16.5. The molecule has 2 aliphatic rings. The van der Waals surface area contributed by atoms with Crippen LogP contribution in [0.1, 0.15) is 38.5 Å². The number of halogens is 3. The zero-order chi connectivity index (χ0) is 28.9. The molecule has 1 aliphatic carbocycles. The number of fused-ring (bicyclic) bond motifs is 2. The molecular weight excluding hydrogens is 568 g/mol. The highest BCUT2D eigenvalue weighted by Gasteiger charge is 2.36. The number of ether oxygens (including phenoxy) is 1. The summed E-state index contributed by atoms with van der Waals surface area (Å²) in [6.07, 6.45) is 6.56. The number of nitrogens with one attached hydrogen (secondary N) is 1. The van der Waals surface area contributed by atoms with E-state index in [2.05, 4.69) is 46.2 Å². The van der Waals surface area contributed by atoms with Gasteiger partial charge in [-0.15, -0.1) is 0 Å². The van der Waals surface area contributed by atoms with Gasteiger partial charge >= 0.3 is 6.01 Å². The van der Waals surface area contributed by atoms with Gasteiger partial charge in [-0.3, -0.25) is 0 Å². The van der Waals surface area contributed by atoms with E-state index >= 15 is 4.39 Å². The molecule has 8 nitrogen and oxygen atoms in total. The van der Waals surface area contributed by atoms with Gasteiger partial charge in [0.1, 0.15) is 23.8 Å². The summed E-state index contributed by atoms with van der Waals surface area (Å²) in [5, 5.41) is 4.28. The highest BCUT2D eigenvalue weighted by molar-refractivity contribution is 7.22. The first-order chi connectivity index (χ1) is 19.7. The molecule has 0 bridgehead atoms. The maximum absolute atomic E-state index is 16.5. The quantitative estimate of drug-likeness (QED) is 0.247. The lowest BCUT2D eigenvalue weighted by molar-refractivity contribution is 0.172. The molecular formula is C29H34ClF2N7OS. The maximum Gasteiger partial charge on any atom is 0.319 e. The van der Waals surface area contributed by atoms with Crippen LogP contribution >= 0.6 is 22.9 Å². The molecule has 1 atom stereocenters. The second-order valence-electron chi connectivity index (χ2n) is 11.4. The standard InChI is InChI=1S/C29H34ClF2N7OS/c1-38(2)29(10-4-5-11-29)15-34-26-18-13-19(30)21(17-8-9-20(31)25-24(17)35-27(33)41-25)22(32)23(18)36-28(37-26)40-14-16-7-6-12-39(16)3/h8-9,13,16H,4-7,10-12,14-15H2,1-3H3,(H2,33,35)(H,34,36,37)/t16-/m0/s1. The van der Waals surface area contributed by atoms with E-state index in [9.17, 15) is 4.39 Å². The molecule has 3 heterocycles. The van der Waals surface area contributed by atoms with E-state index in [1.54, 1.807) is 6.07 Å². The van der Waals surface area contributed by atoms with Crippen molar-refractivity contribution in [3.63, 3.8) is 0 Å². The van der Waals surface area contributed by atoms with Crippen LogP contribution < -0.4 is 15.8 Å². The number of hydrogen-bond acceptors (Lipinski definition) is 9. The van der Waals surface area contributed by atoms with Gasteiger partial charge in [0, 0.05) is 34.6 Å². The highest BCUT2D eigenvalue weighted by atomic mass is 35.5. The lowest BCUT2D eigenvalue weighted by Crippen LogP contribution is -2.47. The predicted molar refractivity (Wildman–Crippen MR) is 162 cm³/mol. The molecule has 4 aromatic rings. The largest absolute Gasteiger partial charge is 0.462 e. The van der Waals surface area contributed by atoms with E-state index in [1.807, 2.05) is 0 Å². The summed E-state index contributed by atoms with van der Waals surface area (Å²) in [6.45, 7) is 2.05. The second-order valence-corrected chi connectivity index (χ2v) is 12.8. The van der Waals surface area contributed by atoms with Crippen LogP contribution in [0.5, 0.6) is 6.01 Å². The fourth-order valence-corrected chi connectivity index (χ4v) is 7.30. The van der Waals surface area contributed by atoms with Crippen LogP contribution in [-0.4, -0.2) is 77.2 Å². The summed E-state index contributed by atoms with van der Waals surface area (Å²) < 4.78 is 37.4. The molecule has 2 aromatic carbocycles. The Kier molecular flexibility index (Phi) is 7.65. The van der Waals surface area contributed by atoms with Crippen LogP contribution in [0, 0.1) is 11.6 Å². The van der Waals surface area contributed by atoms with E-state index in [-0.39, 0.29) is 49.0 Å². The lowest BCUT2D eigenvalue weighted by Gasteiger charge is -2.36. The summed E-state index contributed by atoms with van der Waals surface area (Å²) in [4.78, 5) is 18.0. The Morgan fingerprint density at radius 1 is 1.17 bits per heavy atom. The molecule has 0 radical (unpaired) electrons. The fraction of sp³-hybridized carbons (Fsp3) is 0.483. The van der Waals surface area contributed by atoms with E-state index in [4.69, 9.17) is 27.1 Å². The van der Waals surface area contributed by atoms with Crippen LogP contribution in [0.15, 0.2) is 18.2 Å². The minimum atomic E-state index is -0.650. The second kappa shape index (κ2) is 11.1. The van der Waals surface area contributed by atoms with Gasteiger partial charge < -0.3 is 25.6 Å². The van der Waals surface area contributed by atoms with E-state index in [0.717, 1.165) is 56.4 Å². The van der Waals surface area contributed by atoms with Crippen molar-refractivity contribution in [3.05, 3.63) is 34.9 Å². The number of hydrogen-bond donors (Lipinski definition) is 2. The molecule has 0 amide bonds. The summed E-state index contributed by atoms with van der Waals surface area (Å²) in [7, 11) is 6.25. The molecule has 1 saturated carbocycles. The Balaban J connectivity index is 1.46. The Hall–Kier alpha value is -2.86. The van der Waals surface area contributed by atoms with Crippen molar-refractivity contribution < 1.29 is 13.5 Å². The molecule has 6 rings (SSSR count). The molecule has 0 spiro atoms. The summed E-state index contributed by atoms with van der Waals surface area (Å²) in [5.41, 5.74) is 6.62. The van der Waals surface area contributed by atoms with E-state index < -0.39 is 11.6 Å². The average molecular weight is 602 g/mol. The van der Waals surface area contributed by atoms with Gasteiger partial charge in [-0.05, 0) is 71.6 Å². The van der Waals surface area contributed by atoms with Gasteiger partial charge in [0.15, 0.2) is 10.9 Å². The fourth-order valence-electron chi connectivity index (χ4n) is 6.24. The van der Waals surface area contributed by atoms with Gasteiger partial charge in [0.05, 0.1) is 15.2 Å². The minimum Gasteiger partial charge on any atom is -0.462 e. The van der Waals surface area contributed by atoms with Crippen molar-refractivity contribution in [2.75, 3.05) is 51.9 Å². The molecule has 218 valence electrons. The zero-order valence-corrected chi connectivity index (χ0v) is 25.0. The smallest absolute Gasteiger partial charge is 0.319 e. The normalized spacial score (nSPS) is 19.1. The Morgan fingerprint density at radius 3 is 2.66 bits per heavy atom. The summed E-state index contributed by atoms with van der Waals surface area (Å²) in [6, 6.07) is 4.75. The number of likely N-dealkylation sites (tertiary alicyclic amines) is 1. The minimum absolute atomic E-state index is 0.0304. The summed E-state index contributed by atoms with van der Waals surface area (Å²) in [5.74, 6) is -0.658. The number of likely N-dealkylation sites (N-methyl/N-ethyl adjacent to an activating group) is 2. The third-order valence-corrected chi connectivity index (χ3v) is 9.98. The van der Waals surface area contributed by atoms with E-state index in [0.29, 0.717) is 29.9 Å². The lowest BCUT2D eigenvalue weighted by atomic mass is 9.96. The van der Waals surface area contributed by atoms with Crippen molar-refractivity contribution in [1.29, 1.82) is 0 Å². The highest BCUT2D eigenvalue weighted by Crippen LogP contribution is 2.42. The number of aromatic nitrogens is 3. The molecule has 2 fully saturated rings. The van der Waals surface area contributed by atoms with Gasteiger partial charge in [-0.25, -0.2) is 13.8 Å². The first-order valence-corrected chi connectivity index (χ1v) is 15.2. The SMILES string of the molecule is CN1CCC[C@H]1COc1nc(NCC2(N(C)C)CCCC2)c2cc(Cl)c(-c3ccc(F)c4sc(N)nc34)c(F)c2n1. The van der Waals surface area contributed by atoms with Crippen molar-refractivity contribution in [3.8, 4) is 17.1 Å².